The van der Waals surface area contributed by atoms with Crippen molar-refractivity contribution in [2.45, 2.75) is 6.54 Å². The summed E-state index contributed by atoms with van der Waals surface area (Å²) in [5.74, 6) is -0.00822. The lowest BCUT2D eigenvalue weighted by molar-refractivity contribution is -0.120. The summed E-state index contributed by atoms with van der Waals surface area (Å²) < 4.78 is 15.7. The van der Waals surface area contributed by atoms with Crippen molar-refractivity contribution in [1.29, 1.82) is 0 Å². The van der Waals surface area contributed by atoms with Gasteiger partial charge >= 0.3 is 0 Å². The van der Waals surface area contributed by atoms with Crippen molar-refractivity contribution >= 4 is 17.7 Å². The van der Waals surface area contributed by atoms with Gasteiger partial charge in [0.05, 0.1) is 27.9 Å². The van der Waals surface area contributed by atoms with Gasteiger partial charge in [-0.05, 0) is 29.8 Å². The number of hydrogen-bond donors (Lipinski definition) is 3. The van der Waals surface area contributed by atoms with Gasteiger partial charge in [-0.2, -0.15) is 0 Å². The summed E-state index contributed by atoms with van der Waals surface area (Å²) in [4.78, 5) is 36.2. The Morgan fingerprint density at radius 2 is 1.50 bits per heavy atom. The number of rotatable bonds is 9. The third kappa shape index (κ3) is 5.63. The Morgan fingerprint density at radius 3 is 2.07 bits per heavy atom. The molecule has 2 aromatic carbocycles. The zero-order valence-corrected chi connectivity index (χ0v) is 17.3. The van der Waals surface area contributed by atoms with Gasteiger partial charge in [0.2, 0.25) is 11.7 Å². The first-order chi connectivity index (χ1) is 14.4. The summed E-state index contributed by atoms with van der Waals surface area (Å²) in [6.45, 7) is 0.00828. The van der Waals surface area contributed by atoms with Gasteiger partial charge in [-0.25, -0.2) is 0 Å². The fraction of sp³-hybridized carbons (Fsp3) is 0.286. The van der Waals surface area contributed by atoms with Gasteiger partial charge in [0, 0.05) is 24.7 Å². The van der Waals surface area contributed by atoms with Crippen molar-refractivity contribution < 1.29 is 28.6 Å². The number of nitrogens with one attached hydrogen (secondary N) is 3. The van der Waals surface area contributed by atoms with E-state index in [9.17, 15) is 14.4 Å². The minimum Gasteiger partial charge on any atom is -0.493 e. The molecule has 2 aromatic rings. The zero-order valence-electron chi connectivity index (χ0n) is 17.3. The number of benzene rings is 2. The first-order valence-corrected chi connectivity index (χ1v) is 9.09. The number of hydrogen-bond acceptors (Lipinski definition) is 6. The van der Waals surface area contributed by atoms with Gasteiger partial charge < -0.3 is 30.2 Å². The van der Waals surface area contributed by atoms with E-state index in [1.54, 1.807) is 31.3 Å². The molecule has 160 valence electrons. The smallest absolute Gasteiger partial charge is 0.251 e. The first-order valence-electron chi connectivity index (χ1n) is 9.09. The molecule has 0 fully saturated rings. The summed E-state index contributed by atoms with van der Waals surface area (Å²) >= 11 is 0. The molecular weight excluding hydrogens is 390 g/mol. The molecule has 0 aliphatic heterocycles. The van der Waals surface area contributed by atoms with Crippen molar-refractivity contribution in [2.24, 2.45) is 0 Å². The van der Waals surface area contributed by atoms with E-state index in [0.29, 0.717) is 22.8 Å². The molecule has 0 saturated heterocycles. The van der Waals surface area contributed by atoms with Crippen LogP contribution in [-0.4, -0.2) is 52.6 Å². The van der Waals surface area contributed by atoms with Gasteiger partial charge in [0.1, 0.15) is 0 Å². The van der Waals surface area contributed by atoms with E-state index >= 15 is 0 Å². The van der Waals surface area contributed by atoms with E-state index in [-0.39, 0.29) is 30.5 Å². The molecule has 0 radical (unpaired) electrons. The van der Waals surface area contributed by atoms with Crippen molar-refractivity contribution in [1.82, 2.24) is 16.0 Å². The highest BCUT2D eigenvalue weighted by Crippen LogP contribution is 2.38. The largest absolute Gasteiger partial charge is 0.493 e. The molecule has 3 amide bonds. The molecule has 0 atom stereocenters. The van der Waals surface area contributed by atoms with Gasteiger partial charge in [-0.15, -0.1) is 0 Å². The Kier molecular flexibility index (Phi) is 8.04. The Morgan fingerprint density at radius 1 is 0.833 bits per heavy atom. The van der Waals surface area contributed by atoms with Crippen molar-refractivity contribution in [2.75, 3.05) is 34.9 Å². The molecule has 0 heterocycles. The van der Waals surface area contributed by atoms with Crippen LogP contribution in [0.4, 0.5) is 0 Å². The van der Waals surface area contributed by atoms with Crippen molar-refractivity contribution in [3.8, 4) is 17.2 Å². The standard InChI is InChI=1S/C21H25N3O6/c1-22-20(26)14-7-5-6-13(8-14)11-23-18(25)12-24-21(27)15-9-16(28-2)19(30-4)17(10-15)29-3/h5-10H,11-12H2,1-4H3,(H,22,26)(H,23,25)(H,24,27). The van der Waals surface area contributed by atoms with Gasteiger partial charge in [-0.3, -0.25) is 14.4 Å². The molecule has 30 heavy (non-hydrogen) atoms. The lowest BCUT2D eigenvalue weighted by Crippen LogP contribution is -2.36. The zero-order chi connectivity index (χ0) is 22.1. The maximum atomic E-state index is 12.4. The molecule has 9 nitrogen and oxygen atoms in total. The topological polar surface area (TPSA) is 115 Å². The fourth-order valence-corrected chi connectivity index (χ4v) is 2.70. The molecule has 2 rings (SSSR count). The van der Waals surface area contributed by atoms with E-state index in [2.05, 4.69) is 16.0 Å². The maximum absolute atomic E-state index is 12.4. The van der Waals surface area contributed by atoms with Crippen LogP contribution < -0.4 is 30.2 Å². The molecule has 3 N–H and O–H groups in total. The van der Waals surface area contributed by atoms with Crippen LogP contribution >= 0.6 is 0 Å². The Balaban J connectivity index is 1.95. The number of carbonyl (C=O) groups excluding carboxylic acids is 3. The van der Waals surface area contributed by atoms with Crippen molar-refractivity contribution in [3.05, 3.63) is 53.1 Å². The Labute approximate surface area is 174 Å². The van der Waals surface area contributed by atoms with Crippen LogP contribution in [0.2, 0.25) is 0 Å². The molecule has 0 aromatic heterocycles. The van der Waals surface area contributed by atoms with Crippen LogP contribution in [0, 0.1) is 0 Å². The van der Waals surface area contributed by atoms with Crippen LogP contribution in [0.15, 0.2) is 36.4 Å². The third-order valence-corrected chi connectivity index (χ3v) is 4.24. The maximum Gasteiger partial charge on any atom is 0.251 e. The first kappa shape index (κ1) is 22.5. The van der Waals surface area contributed by atoms with E-state index in [0.717, 1.165) is 5.56 Å². The number of ether oxygens (including phenoxy) is 3. The molecule has 0 aliphatic carbocycles. The average molecular weight is 415 g/mol. The van der Waals surface area contributed by atoms with Crippen LogP contribution in [-0.2, 0) is 11.3 Å². The van der Waals surface area contributed by atoms with Crippen molar-refractivity contribution in [3.63, 3.8) is 0 Å². The summed E-state index contributed by atoms with van der Waals surface area (Å²) in [5.41, 5.74) is 1.52. The van der Waals surface area contributed by atoms with Gasteiger partial charge in [0.25, 0.3) is 11.8 Å². The summed E-state index contributed by atoms with van der Waals surface area (Å²) in [6, 6.07) is 9.90. The summed E-state index contributed by atoms with van der Waals surface area (Å²) in [6.07, 6.45) is 0. The second-order valence-electron chi connectivity index (χ2n) is 6.15. The van der Waals surface area contributed by atoms with Gasteiger partial charge in [0.15, 0.2) is 11.5 Å². The second-order valence-corrected chi connectivity index (χ2v) is 6.15. The molecule has 0 unspecified atom stereocenters. The second kappa shape index (κ2) is 10.7. The predicted molar refractivity (Wildman–Crippen MR) is 110 cm³/mol. The lowest BCUT2D eigenvalue weighted by atomic mass is 10.1. The lowest BCUT2D eigenvalue weighted by Gasteiger charge is -2.14. The normalized spacial score (nSPS) is 10.0. The van der Waals surface area contributed by atoms with E-state index in [1.807, 2.05) is 0 Å². The van der Waals surface area contributed by atoms with E-state index in [4.69, 9.17) is 14.2 Å². The molecule has 9 heteroatoms. The van der Waals surface area contributed by atoms with E-state index < -0.39 is 5.91 Å². The predicted octanol–water partition coefficient (Wildman–Crippen LogP) is 1.12. The molecular formula is C21H25N3O6. The van der Waals surface area contributed by atoms with E-state index in [1.165, 1.54) is 33.5 Å². The van der Waals surface area contributed by atoms with Crippen LogP contribution in [0.5, 0.6) is 17.2 Å². The Hall–Kier alpha value is -3.75. The summed E-state index contributed by atoms with van der Waals surface area (Å²) in [5, 5.41) is 7.79. The minimum atomic E-state index is -0.467. The van der Waals surface area contributed by atoms with Gasteiger partial charge in [-0.1, -0.05) is 12.1 Å². The molecule has 0 aliphatic rings. The Bertz CT molecular complexity index is 904. The number of carbonyl (C=O) groups is 3. The van der Waals surface area contributed by atoms with Crippen LogP contribution in [0.3, 0.4) is 0 Å². The fourth-order valence-electron chi connectivity index (χ4n) is 2.70. The number of amides is 3. The van der Waals surface area contributed by atoms with Crippen LogP contribution in [0.25, 0.3) is 0 Å². The van der Waals surface area contributed by atoms with Crippen LogP contribution in [0.1, 0.15) is 26.3 Å². The number of methoxy groups -OCH3 is 3. The quantitative estimate of drug-likeness (QED) is 0.565. The summed E-state index contributed by atoms with van der Waals surface area (Å²) in [7, 11) is 5.92. The molecule has 0 spiro atoms. The monoisotopic (exact) mass is 415 g/mol. The highest BCUT2D eigenvalue weighted by Gasteiger charge is 2.17. The SMILES string of the molecule is CNC(=O)c1cccc(CNC(=O)CNC(=O)c2cc(OC)c(OC)c(OC)c2)c1. The highest BCUT2D eigenvalue weighted by molar-refractivity contribution is 5.97. The molecule has 0 bridgehead atoms. The average Bonchev–Trinajstić information content (AvgIpc) is 2.79. The molecule has 0 saturated carbocycles. The minimum absolute atomic E-state index is 0.208. The third-order valence-electron chi connectivity index (χ3n) is 4.24. The highest BCUT2D eigenvalue weighted by atomic mass is 16.5.